The maximum absolute atomic E-state index is 12.0. The lowest BCUT2D eigenvalue weighted by Gasteiger charge is -2.09. The van der Waals surface area contributed by atoms with Gasteiger partial charge in [-0.1, -0.05) is 54.6 Å². The van der Waals surface area contributed by atoms with E-state index in [9.17, 15) is 9.90 Å². The first-order chi connectivity index (χ1) is 14.7. The summed E-state index contributed by atoms with van der Waals surface area (Å²) in [5.41, 5.74) is 4.52. The second kappa shape index (κ2) is 8.92. The molecule has 1 amide bonds. The highest BCUT2D eigenvalue weighted by atomic mass is 16.5. The van der Waals surface area contributed by atoms with Crippen LogP contribution in [-0.4, -0.2) is 17.2 Å². The van der Waals surface area contributed by atoms with Gasteiger partial charge in [-0.2, -0.15) is 5.10 Å². The number of phenolic OH excluding ortho intramolecular Hbond substituents is 1. The van der Waals surface area contributed by atoms with Crippen LogP contribution in [0.3, 0.4) is 0 Å². The Hall–Kier alpha value is -4.12. The number of fused-ring (bicyclic) bond motifs is 1. The summed E-state index contributed by atoms with van der Waals surface area (Å²) in [5, 5.41) is 16.0. The van der Waals surface area contributed by atoms with Crippen molar-refractivity contribution in [1.29, 1.82) is 0 Å². The van der Waals surface area contributed by atoms with Crippen molar-refractivity contribution in [2.45, 2.75) is 6.61 Å². The molecule has 0 aliphatic heterocycles. The van der Waals surface area contributed by atoms with Gasteiger partial charge in [-0.25, -0.2) is 5.43 Å². The molecule has 148 valence electrons. The van der Waals surface area contributed by atoms with Gasteiger partial charge >= 0.3 is 0 Å². The molecule has 4 rings (SSSR count). The van der Waals surface area contributed by atoms with Gasteiger partial charge in [-0.15, -0.1) is 0 Å². The molecule has 5 heteroatoms. The van der Waals surface area contributed by atoms with Crippen molar-refractivity contribution in [2.75, 3.05) is 0 Å². The Labute approximate surface area is 174 Å². The largest absolute Gasteiger partial charge is 0.507 e. The lowest BCUT2D eigenvalue weighted by Crippen LogP contribution is -2.17. The Bertz CT molecular complexity index is 1200. The Balaban J connectivity index is 1.35. The van der Waals surface area contributed by atoms with E-state index in [4.69, 9.17) is 4.74 Å². The number of para-hydroxylation sites is 1. The number of hydrogen-bond donors (Lipinski definition) is 2. The third-order valence-electron chi connectivity index (χ3n) is 4.68. The second-order valence-electron chi connectivity index (χ2n) is 6.71. The van der Waals surface area contributed by atoms with E-state index in [0.717, 1.165) is 16.9 Å². The molecule has 0 saturated heterocycles. The first-order valence-electron chi connectivity index (χ1n) is 9.51. The van der Waals surface area contributed by atoms with Crippen LogP contribution in [0.4, 0.5) is 0 Å². The van der Waals surface area contributed by atoms with E-state index in [1.165, 1.54) is 29.1 Å². The Morgan fingerprint density at radius 2 is 1.63 bits per heavy atom. The van der Waals surface area contributed by atoms with Crippen molar-refractivity contribution in [3.63, 3.8) is 0 Å². The molecule has 0 aromatic heterocycles. The average Bonchev–Trinajstić information content (AvgIpc) is 2.79. The van der Waals surface area contributed by atoms with Crippen LogP contribution in [-0.2, 0) is 6.61 Å². The van der Waals surface area contributed by atoms with Crippen molar-refractivity contribution in [3.05, 3.63) is 108 Å². The van der Waals surface area contributed by atoms with Gasteiger partial charge in [-0.05, 0) is 58.3 Å². The molecular formula is C25H20N2O3. The molecule has 0 radical (unpaired) electrons. The number of benzene rings is 4. The first kappa shape index (κ1) is 19.2. The quantitative estimate of drug-likeness (QED) is 0.360. The number of amides is 1. The predicted molar refractivity (Wildman–Crippen MR) is 118 cm³/mol. The van der Waals surface area contributed by atoms with Crippen molar-refractivity contribution in [1.82, 2.24) is 5.43 Å². The van der Waals surface area contributed by atoms with E-state index in [-0.39, 0.29) is 11.3 Å². The summed E-state index contributed by atoms with van der Waals surface area (Å²) in [5.74, 6) is 0.190. The average molecular weight is 396 g/mol. The van der Waals surface area contributed by atoms with Crippen LogP contribution < -0.4 is 10.2 Å². The number of hydrazone groups is 1. The van der Waals surface area contributed by atoms with Crippen molar-refractivity contribution in [2.24, 2.45) is 5.10 Å². The number of phenols is 1. The third-order valence-corrected chi connectivity index (χ3v) is 4.68. The van der Waals surface area contributed by atoms with Crippen LogP contribution in [0.2, 0.25) is 0 Å². The topological polar surface area (TPSA) is 70.9 Å². The van der Waals surface area contributed by atoms with Crippen molar-refractivity contribution in [3.8, 4) is 11.5 Å². The first-order valence-corrected chi connectivity index (χ1v) is 9.51. The van der Waals surface area contributed by atoms with Crippen LogP contribution >= 0.6 is 0 Å². The summed E-state index contributed by atoms with van der Waals surface area (Å²) < 4.78 is 5.93. The smallest absolute Gasteiger partial charge is 0.275 e. The van der Waals surface area contributed by atoms with Gasteiger partial charge in [-0.3, -0.25) is 4.79 Å². The molecular weight excluding hydrogens is 376 g/mol. The number of aromatic hydroxyl groups is 1. The van der Waals surface area contributed by atoms with Gasteiger partial charge in [0.2, 0.25) is 0 Å². The zero-order valence-corrected chi connectivity index (χ0v) is 16.2. The van der Waals surface area contributed by atoms with Crippen LogP contribution in [0.5, 0.6) is 11.5 Å². The molecule has 0 spiro atoms. The highest BCUT2D eigenvalue weighted by molar-refractivity contribution is 5.97. The second-order valence-corrected chi connectivity index (χ2v) is 6.71. The van der Waals surface area contributed by atoms with Crippen LogP contribution in [0.1, 0.15) is 21.5 Å². The molecule has 0 bridgehead atoms. The van der Waals surface area contributed by atoms with E-state index < -0.39 is 5.91 Å². The van der Waals surface area contributed by atoms with Gasteiger partial charge in [0.1, 0.15) is 18.1 Å². The molecule has 0 unspecified atom stereocenters. The van der Waals surface area contributed by atoms with Crippen molar-refractivity contribution < 1.29 is 14.6 Å². The van der Waals surface area contributed by atoms with Gasteiger partial charge < -0.3 is 9.84 Å². The Kier molecular flexibility index (Phi) is 5.71. The minimum Gasteiger partial charge on any atom is -0.507 e. The molecule has 0 atom stereocenters. The van der Waals surface area contributed by atoms with E-state index >= 15 is 0 Å². The number of rotatable bonds is 6. The number of hydrogen-bond acceptors (Lipinski definition) is 4. The van der Waals surface area contributed by atoms with Gasteiger partial charge in [0, 0.05) is 0 Å². The standard InChI is InChI=1S/C25H20N2O3/c28-24-11-4-3-10-23(24)25(29)27-26-16-18-12-14-21(15-13-18)30-17-20-8-5-7-19-6-1-2-9-22(19)20/h1-16,28H,17H2,(H,27,29)/b26-16+. The fraction of sp³-hybridized carbons (Fsp3) is 0.0400. The Morgan fingerprint density at radius 3 is 2.47 bits per heavy atom. The number of carbonyl (C=O) groups is 1. The summed E-state index contributed by atoms with van der Waals surface area (Å²) in [6.07, 6.45) is 1.53. The number of carbonyl (C=O) groups excluding carboxylic acids is 1. The molecule has 4 aromatic carbocycles. The molecule has 2 N–H and O–H groups in total. The van der Waals surface area contributed by atoms with Crippen molar-refractivity contribution >= 4 is 22.9 Å². The lowest BCUT2D eigenvalue weighted by atomic mass is 10.1. The number of nitrogens with zero attached hydrogens (tertiary/aromatic N) is 1. The van der Waals surface area contributed by atoms with E-state index in [1.807, 2.05) is 42.5 Å². The number of nitrogens with one attached hydrogen (secondary N) is 1. The zero-order chi connectivity index (χ0) is 20.8. The van der Waals surface area contributed by atoms with Crippen LogP contribution in [0.25, 0.3) is 10.8 Å². The van der Waals surface area contributed by atoms with Crippen LogP contribution in [0.15, 0.2) is 96.1 Å². The maximum Gasteiger partial charge on any atom is 0.275 e. The van der Waals surface area contributed by atoms with E-state index in [2.05, 4.69) is 34.8 Å². The van der Waals surface area contributed by atoms with E-state index in [1.54, 1.807) is 12.1 Å². The minimum atomic E-state index is -0.473. The summed E-state index contributed by atoms with van der Waals surface area (Å²) >= 11 is 0. The normalized spacial score (nSPS) is 10.9. The summed E-state index contributed by atoms with van der Waals surface area (Å²) in [6.45, 7) is 0.478. The van der Waals surface area contributed by atoms with E-state index in [0.29, 0.717) is 6.61 Å². The Morgan fingerprint density at radius 1 is 0.900 bits per heavy atom. The molecule has 5 nitrogen and oxygen atoms in total. The molecule has 30 heavy (non-hydrogen) atoms. The predicted octanol–water partition coefficient (Wildman–Crippen LogP) is 4.89. The molecule has 0 aliphatic rings. The minimum absolute atomic E-state index is 0.0853. The fourth-order valence-electron chi connectivity index (χ4n) is 3.12. The van der Waals surface area contributed by atoms with Gasteiger partial charge in [0.15, 0.2) is 0 Å². The van der Waals surface area contributed by atoms with Gasteiger partial charge in [0.25, 0.3) is 5.91 Å². The third kappa shape index (κ3) is 4.47. The monoisotopic (exact) mass is 396 g/mol. The highest BCUT2D eigenvalue weighted by Crippen LogP contribution is 2.21. The SMILES string of the molecule is O=C(N/N=C/c1ccc(OCc2cccc3ccccc23)cc1)c1ccccc1O. The van der Waals surface area contributed by atoms with Crippen LogP contribution in [0, 0.1) is 0 Å². The molecule has 0 aliphatic carbocycles. The zero-order valence-electron chi connectivity index (χ0n) is 16.2. The summed E-state index contributed by atoms with van der Waals surface area (Å²) in [7, 11) is 0. The molecule has 0 fully saturated rings. The highest BCUT2D eigenvalue weighted by Gasteiger charge is 2.08. The fourth-order valence-corrected chi connectivity index (χ4v) is 3.12. The van der Waals surface area contributed by atoms with Gasteiger partial charge in [0.05, 0.1) is 11.8 Å². The molecule has 4 aromatic rings. The number of ether oxygens (including phenoxy) is 1. The molecule has 0 heterocycles. The lowest BCUT2D eigenvalue weighted by molar-refractivity contribution is 0.0952. The maximum atomic E-state index is 12.0. The summed E-state index contributed by atoms with van der Waals surface area (Å²) in [4.78, 5) is 12.0. The molecule has 0 saturated carbocycles. The summed E-state index contributed by atoms with van der Waals surface area (Å²) in [6, 6.07) is 28.2.